The molecule has 1 fully saturated rings. The van der Waals surface area contributed by atoms with Crippen LogP contribution in [0.25, 0.3) is 0 Å². The van der Waals surface area contributed by atoms with E-state index in [9.17, 15) is 4.79 Å². The average molecular weight is 211 g/mol. The first-order chi connectivity index (χ1) is 7.22. The Morgan fingerprint density at radius 1 is 1.40 bits per heavy atom. The molecule has 0 bridgehead atoms. The van der Waals surface area contributed by atoms with Gasteiger partial charge >= 0.3 is 5.97 Å². The lowest BCUT2D eigenvalue weighted by molar-refractivity contribution is -0.138. The van der Waals surface area contributed by atoms with Gasteiger partial charge in [-0.3, -0.25) is 9.69 Å². The topological polar surface area (TPSA) is 40.5 Å². The van der Waals surface area contributed by atoms with Crippen molar-refractivity contribution >= 4 is 5.97 Å². The molecule has 0 spiro atoms. The van der Waals surface area contributed by atoms with Gasteiger partial charge in [-0.05, 0) is 18.8 Å². The van der Waals surface area contributed by atoms with Gasteiger partial charge in [0.25, 0.3) is 0 Å². The summed E-state index contributed by atoms with van der Waals surface area (Å²) >= 11 is 0. The quantitative estimate of drug-likeness (QED) is 0.684. The average Bonchev–Trinajstić information content (AvgIpc) is 2.18. The number of rotatable bonds is 6. The van der Waals surface area contributed by atoms with Gasteiger partial charge in [-0.1, -0.05) is 25.3 Å². The predicted molar refractivity (Wildman–Crippen MR) is 60.8 cm³/mol. The highest BCUT2D eigenvalue weighted by atomic mass is 16.4. The van der Waals surface area contributed by atoms with Crippen LogP contribution in [0.4, 0.5) is 0 Å². The Kier molecular flexibility index (Phi) is 5.40. The molecule has 3 heteroatoms. The van der Waals surface area contributed by atoms with E-state index in [2.05, 4.69) is 6.58 Å². The highest BCUT2D eigenvalue weighted by Crippen LogP contribution is 2.24. The lowest BCUT2D eigenvalue weighted by atomic mass is 9.89. The summed E-state index contributed by atoms with van der Waals surface area (Å²) in [5.74, 6) is -0.0503. The molecule has 1 saturated carbocycles. The van der Waals surface area contributed by atoms with E-state index in [0.717, 1.165) is 6.54 Å². The summed E-state index contributed by atoms with van der Waals surface area (Å²) in [7, 11) is 0. The summed E-state index contributed by atoms with van der Waals surface area (Å²) in [5, 5.41) is 8.76. The van der Waals surface area contributed by atoms with Crippen molar-refractivity contribution in [3.63, 3.8) is 0 Å². The summed E-state index contributed by atoms with van der Waals surface area (Å²) in [5.41, 5.74) is 0. The summed E-state index contributed by atoms with van der Waals surface area (Å²) in [6.07, 6.45) is 8.25. The molecule has 3 nitrogen and oxygen atoms in total. The molecule has 0 radical (unpaired) electrons. The second kappa shape index (κ2) is 6.62. The molecule has 0 aromatic rings. The van der Waals surface area contributed by atoms with Crippen LogP contribution in [0.15, 0.2) is 12.7 Å². The van der Waals surface area contributed by atoms with Crippen molar-refractivity contribution in [2.45, 2.75) is 32.1 Å². The van der Waals surface area contributed by atoms with E-state index in [0.29, 0.717) is 12.5 Å². The second-order valence-corrected chi connectivity index (χ2v) is 4.38. The van der Waals surface area contributed by atoms with Crippen LogP contribution < -0.4 is 0 Å². The summed E-state index contributed by atoms with van der Waals surface area (Å²) in [6, 6.07) is 0. The zero-order valence-corrected chi connectivity index (χ0v) is 9.32. The molecule has 15 heavy (non-hydrogen) atoms. The van der Waals surface area contributed by atoms with E-state index in [-0.39, 0.29) is 6.54 Å². The van der Waals surface area contributed by atoms with Gasteiger partial charge in [-0.25, -0.2) is 0 Å². The largest absolute Gasteiger partial charge is 0.480 e. The van der Waals surface area contributed by atoms with E-state index in [1.54, 1.807) is 6.08 Å². The Balaban J connectivity index is 2.34. The molecule has 1 aliphatic carbocycles. The predicted octanol–water partition coefficient (Wildman–Crippen LogP) is 2.14. The van der Waals surface area contributed by atoms with E-state index in [4.69, 9.17) is 5.11 Å². The van der Waals surface area contributed by atoms with Crippen LogP contribution in [0.3, 0.4) is 0 Å². The fourth-order valence-corrected chi connectivity index (χ4v) is 2.31. The van der Waals surface area contributed by atoms with Gasteiger partial charge < -0.3 is 5.11 Å². The maximum absolute atomic E-state index is 10.7. The van der Waals surface area contributed by atoms with E-state index in [1.807, 2.05) is 4.90 Å². The van der Waals surface area contributed by atoms with Gasteiger partial charge in [-0.2, -0.15) is 0 Å². The molecule has 1 rings (SSSR count). The minimum atomic E-state index is -0.743. The monoisotopic (exact) mass is 211 g/mol. The Hall–Kier alpha value is -0.830. The second-order valence-electron chi connectivity index (χ2n) is 4.38. The van der Waals surface area contributed by atoms with Crippen molar-refractivity contribution in [2.75, 3.05) is 19.6 Å². The maximum atomic E-state index is 10.7. The molecule has 1 N–H and O–H groups in total. The maximum Gasteiger partial charge on any atom is 0.317 e. The first-order valence-electron chi connectivity index (χ1n) is 5.77. The number of carboxylic acid groups (broad SMARTS) is 1. The molecule has 0 saturated heterocycles. The Morgan fingerprint density at radius 2 is 2.07 bits per heavy atom. The van der Waals surface area contributed by atoms with Crippen molar-refractivity contribution < 1.29 is 9.90 Å². The highest BCUT2D eigenvalue weighted by Gasteiger charge is 2.17. The Labute approximate surface area is 91.8 Å². The zero-order chi connectivity index (χ0) is 11.1. The molecule has 86 valence electrons. The minimum Gasteiger partial charge on any atom is -0.480 e. The first-order valence-corrected chi connectivity index (χ1v) is 5.77. The SMILES string of the molecule is C=CCN(CC(=O)O)CC1CCCCC1. The smallest absolute Gasteiger partial charge is 0.317 e. The lowest BCUT2D eigenvalue weighted by Crippen LogP contribution is -2.35. The van der Waals surface area contributed by atoms with Gasteiger partial charge in [0.2, 0.25) is 0 Å². The molecule has 0 aromatic carbocycles. The van der Waals surface area contributed by atoms with Crippen LogP contribution in [-0.2, 0) is 4.79 Å². The first kappa shape index (κ1) is 12.2. The van der Waals surface area contributed by atoms with Crippen molar-refractivity contribution in [2.24, 2.45) is 5.92 Å². The molecular weight excluding hydrogens is 190 g/mol. The van der Waals surface area contributed by atoms with Crippen LogP contribution in [-0.4, -0.2) is 35.6 Å². The highest BCUT2D eigenvalue weighted by molar-refractivity contribution is 5.69. The van der Waals surface area contributed by atoms with Crippen molar-refractivity contribution in [3.8, 4) is 0 Å². The number of hydrogen-bond acceptors (Lipinski definition) is 2. The van der Waals surface area contributed by atoms with Crippen molar-refractivity contribution in [1.29, 1.82) is 0 Å². The normalized spacial score (nSPS) is 17.9. The molecule has 0 unspecified atom stereocenters. The lowest BCUT2D eigenvalue weighted by Gasteiger charge is -2.27. The van der Waals surface area contributed by atoms with Gasteiger partial charge in [-0.15, -0.1) is 6.58 Å². The Bertz CT molecular complexity index is 210. The standard InChI is InChI=1S/C12H21NO2/c1-2-8-13(10-12(14)15)9-11-6-4-3-5-7-11/h2,11H,1,3-10H2,(H,14,15). The number of hydrogen-bond donors (Lipinski definition) is 1. The van der Waals surface area contributed by atoms with E-state index >= 15 is 0 Å². The molecule has 0 heterocycles. The molecular formula is C12H21NO2. The van der Waals surface area contributed by atoms with Gasteiger partial charge in [0, 0.05) is 13.1 Å². The van der Waals surface area contributed by atoms with Gasteiger partial charge in [0.05, 0.1) is 6.54 Å². The third kappa shape index (κ3) is 4.98. The zero-order valence-electron chi connectivity index (χ0n) is 9.32. The summed E-state index contributed by atoms with van der Waals surface area (Å²) < 4.78 is 0. The minimum absolute atomic E-state index is 0.141. The third-order valence-electron chi connectivity index (χ3n) is 2.99. The van der Waals surface area contributed by atoms with Crippen LogP contribution in [0.1, 0.15) is 32.1 Å². The van der Waals surface area contributed by atoms with E-state index in [1.165, 1.54) is 32.1 Å². The van der Waals surface area contributed by atoms with Gasteiger partial charge in [0.1, 0.15) is 0 Å². The Morgan fingerprint density at radius 3 is 2.60 bits per heavy atom. The van der Waals surface area contributed by atoms with Crippen LogP contribution >= 0.6 is 0 Å². The molecule has 0 atom stereocenters. The molecule has 1 aliphatic rings. The molecule has 0 amide bonds. The summed E-state index contributed by atoms with van der Waals surface area (Å²) in [4.78, 5) is 12.6. The fraction of sp³-hybridized carbons (Fsp3) is 0.750. The molecule has 0 aromatic heterocycles. The fourth-order valence-electron chi connectivity index (χ4n) is 2.31. The van der Waals surface area contributed by atoms with Crippen LogP contribution in [0.5, 0.6) is 0 Å². The van der Waals surface area contributed by atoms with Crippen molar-refractivity contribution in [1.82, 2.24) is 4.90 Å². The van der Waals surface area contributed by atoms with E-state index < -0.39 is 5.97 Å². The third-order valence-corrected chi connectivity index (χ3v) is 2.99. The van der Waals surface area contributed by atoms with Crippen molar-refractivity contribution in [3.05, 3.63) is 12.7 Å². The number of aliphatic carboxylic acids is 1. The van der Waals surface area contributed by atoms with Gasteiger partial charge in [0.15, 0.2) is 0 Å². The number of carbonyl (C=O) groups is 1. The van der Waals surface area contributed by atoms with Crippen LogP contribution in [0.2, 0.25) is 0 Å². The van der Waals surface area contributed by atoms with Crippen LogP contribution in [0, 0.1) is 5.92 Å². The molecule has 0 aliphatic heterocycles. The summed E-state index contributed by atoms with van der Waals surface area (Å²) in [6.45, 7) is 5.41. The number of carboxylic acids is 1. The number of nitrogens with zero attached hydrogens (tertiary/aromatic N) is 1.